The first-order chi connectivity index (χ1) is 8.58. The minimum Gasteiger partial charge on any atom is -0.494 e. The molecule has 4 nitrogen and oxygen atoms in total. The van der Waals surface area contributed by atoms with Crippen LogP contribution in [0.5, 0.6) is 5.75 Å². The molecule has 5 heteroatoms. The summed E-state index contributed by atoms with van der Waals surface area (Å²) in [4.78, 5) is 12.2. The van der Waals surface area contributed by atoms with Crippen LogP contribution in [0.2, 0.25) is 0 Å². The van der Waals surface area contributed by atoms with E-state index in [-0.39, 0.29) is 11.9 Å². The molecule has 0 heterocycles. The van der Waals surface area contributed by atoms with E-state index in [0.29, 0.717) is 18.0 Å². The number of anilines is 1. The fraction of sp³-hybridized carbons (Fsp3) is 0.462. The lowest BCUT2D eigenvalue weighted by atomic mass is 10.2. The van der Waals surface area contributed by atoms with Gasteiger partial charge in [0.25, 0.3) is 0 Å². The summed E-state index contributed by atoms with van der Waals surface area (Å²) < 4.78 is 10.1. The quantitative estimate of drug-likeness (QED) is 0.488. The van der Waals surface area contributed by atoms with E-state index >= 15 is 0 Å². The van der Waals surface area contributed by atoms with Crippen molar-refractivity contribution in [3.8, 4) is 5.75 Å². The summed E-state index contributed by atoms with van der Waals surface area (Å²) in [5.74, 6) is 1.06. The molecule has 1 rings (SSSR count). The molecule has 0 saturated carbocycles. The number of rotatable bonds is 6. The van der Waals surface area contributed by atoms with Crippen LogP contribution in [0.1, 0.15) is 13.8 Å². The van der Waals surface area contributed by atoms with Crippen LogP contribution in [-0.4, -0.2) is 25.4 Å². The van der Waals surface area contributed by atoms with Gasteiger partial charge >= 0.3 is 5.97 Å². The number of hydrogen-bond donors (Lipinski definition) is 1. The Kier molecular flexibility index (Phi) is 5.85. The van der Waals surface area contributed by atoms with Crippen LogP contribution in [0, 0.1) is 5.92 Å². The van der Waals surface area contributed by atoms with Crippen LogP contribution in [-0.2, 0) is 9.53 Å². The molecule has 0 bridgehead atoms. The van der Waals surface area contributed by atoms with Gasteiger partial charge in [-0.3, -0.25) is 4.79 Å². The van der Waals surface area contributed by atoms with Gasteiger partial charge in [-0.05, 0) is 25.1 Å². The average Bonchev–Trinajstić information content (AvgIpc) is 2.38. The molecule has 100 valence electrons. The van der Waals surface area contributed by atoms with E-state index in [2.05, 4.69) is 4.74 Å². The summed E-state index contributed by atoms with van der Waals surface area (Å²) in [5.41, 5.74) is 6.58. The van der Waals surface area contributed by atoms with Gasteiger partial charge in [-0.2, -0.15) is 0 Å². The molecule has 1 atom stereocenters. The number of hydrogen-bond acceptors (Lipinski definition) is 5. The molecule has 2 N–H and O–H groups in total. The topological polar surface area (TPSA) is 61.5 Å². The van der Waals surface area contributed by atoms with E-state index in [1.807, 2.05) is 32.0 Å². The summed E-state index contributed by atoms with van der Waals surface area (Å²) in [6, 6.07) is 5.55. The number of nitrogen functional groups attached to an aromatic ring is 1. The number of methoxy groups -OCH3 is 1. The molecule has 0 spiro atoms. The summed E-state index contributed by atoms with van der Waals surface area (Å²) in [5, 5.41) is 0. The zero-order chi connectivity index (χ0) is 13.5. The largest absolute Gasteiger partial charge is 0.494 e. The second-order valence-electron chi connectivity index (χ2n) is 3.87. The van der Waals surface area contributed by atoms with Crippen molar-refractivity contribution in [3.05, 3.63) is 18.2 Å². The van der Waals surface area contributed by atoms with E-state index in [1.165, 1.54) is 18.9 Å². The van der Waals surface area contributed by atoms with Crippen molar-refractivity contribution in [1.82, 2.24) is 0 Å². The minimum absolute atomic E-state index is 0.157. The highest BCUT2D eigenvalue weighted by Gasteiger charge is 2.14. The van der Waals surface area contributed by atoms with Crippen molar-refractivity contribution in [2.75, 3.05) is 25.2 Å². The maximum Gasteiger partial charge on any atom is 0.309 e. The van der Waals surface area contributed by atoms with Gasteiger partial charge in [0, 0.05) is 16.3 Å². The third-order valence-corrected chi connectivity index (χ3v) is 3.72. The molecule has 0 aliphatic carbocycles. The lowest BCUT2D eigenvalue weighted by Crippen LogP contribution is -2.14. The fourth-order valence-electron chi connectivity index (χ4n) is 1.38. The molecule has 1 aromatic carbocycles. The average molecular weight is 269 g/mol. The predicted molar refractivity (Wildman–Crippen MR) is 73.9 cm³/mol. The first-order valence-corrected chi connectivity index (χ1v) is 6.80. The molecule has 0 aliphatic heterocycles. The van der Waals surface area contributed by atoms with Crippen molar-refractivity contribution >= 4 is 23.4 Å². The number of thioether (sulfide) groups is 1. The monoisotopic (exact) mass is 269 g/mol. The number of esters is 1. The Morgan fingerprint density at radius 3 is 2.83 bits per heavy atom. The highest BCUT2D eigenvalue weighted by atomic mass is 32.2. The maximum absolute atomic E-state index is 11.3. The van der Waals surface area contributed by atoms with Crippen molar-refractivity contribution in [1.29, 1.82) is 0 Å². The normalized spacial score (nSPS) is 11.9. The van der Waals surface area contributed by atoms with Gasteiger partial charge < -0.3 is 15.2 Å². The van der Waals surface area contributed by atoms with Gasteiger partial charge in [-0.1, -0.05) is 6.92 Å². The minimum atomic E-state index is -0.206. The molecular formula is C13H19NO3S. The Hall–Kier alpha value is -1.36. The van der Waals surface area contributed by atoms with Crippen LogP contribution < -0.4 is 10.5 Å². The smallest absolute Gasteiger partial charge is 0.309 e. The zero-order valence-corrected chi connectivity index (χ0v) is 11.8. The van der Waals surface area contributed by atoms with Crippen molar-refractivity contribution < 1.29 is 14.3 Å². The molecule has 1 aromatic rings. The highest BCUT2D eigenvalue weighted by molar-refractivity contribution is 7.99. The van der Waals surface area contributed by atoms with Gasteiger partial charge in [0.1, 0.15) is 5.75 Å². The predicted octanol–water partition coefficient (Wildman–Crippen LogP) is 2.57. The van der Waals surface area contributed by atoms with E-state index in [0.717, 1.165) is 10.6 Å². The van der Waals surface area contributed by atoms with Crippen molar-refractivity contribution in [2.24, 2.45) is 5.92 Å². The second kappa shape index (κ2) is 7.16. The summed E-state index contributed by atoms with van der Waals surface area (Å²) in [6.45, 7) is 4.39. The number of nitrogens with two attached hydrogens (primary N) is 1. The number of carbonyl (C=O) groups excluding carboxylic acids is 1. The first-order valence-electron chi connectivity index (χ1n) is 5.81. The van der Waals surface area contributed by atoms with Gasteiger partial charge in [0.15, 0.2) is 0 Å². The van der Waals surface area contributed by atoms with E-state index in [9.17, 15) is 4.79 Å². The molecule has 0 aromatic heterocycles. The van der Waals surface area contributed by atoms with Crippen LogP contribution >= 0.6 is 11.8 Å². The third-order valence-electron chi connectivity index (χ3n) is 2.39. The number of carbonyl (C=O) groups is 1. The van der Waals surface area contributed by atoms with E-state index in [1.54, 1.807) is 0 Å². The van der Waals surface area contributed by atoms with Crippen molar-refractivity contribution in [3.63, 3.8) is 0 Å². The Labute approximate surface area is 112 Å². The van der Waals surface area contributed by atoms with Crippen LogP contribution in [0.25, 0.3) is 0 Å². The van der Waals surface area contributed by atoms with Gasteiger partial charge in [-0.25, -0.2) is 0 Å². The summed E-state index contributed by atoms with van der Waals surface area (Å²) in [6.07, 6.45) is 0. The Morgan fingerprint density at radius 1 is 1.50 bits per heavy atom. The molecule has 0 fully saturated rings. The Bertz CT molecular complexity index is 409. The molecule has 0 radical (unpaired) electrons. The summed E-state index contributed by atoms with van der Waals surface area (Å²) >= 11 is 1.53. The molecule has 18 heavy (non-hydrogen) atoms. The third kappa shape index (κ3) is 4.14. The van der Waals surface area contributed by atoms with Crippen LogP contribution in [0.3, 0.4) is 0 Å². The van der Waals surface area contributed by atoms with Crippen LogP contribution in [0.4, 0.5) is 5.69 Å². The van der Waals surface area contributed by atoms with Crippen molar-refractivity contribution in [2.45, 2.75) is 18.7 Å². The van der Waals surface area contributed by atoms with Gasteiger partial charge in [0.05, 0.1) is 19.6 Å². The Balaban J connectivity index is 2.65. The fourth-order valence-corrected chi connectivity index (χ4v) is 2.38. The summed E-state index contributed by atoms with van der Waals surface area (Å²) in [7, 11) is 1.40. The molecule has 0 saturated heterocycles. The SMILES string of the molecule is CCOc1ccc(N)c(SCC(C)C(=O)OC)c1. The van der Waals surface area contributed by atoms with Gasteiger partial charge in [0.2, 0.25) is 0 Å². The molecule has 1 unspecified atom stereocenters. The zero-order valence-electron chi connectivity index (χ0n) is 10.9. The Morgan fingerprint density at radius 2 is 2.22 bits per heavy atom. The second-order valence-corrected chi connectivity index (χ2v) is 4.93. The van der Waals surface area contributed by atoms with Gasteiger partial charge in [-0.15, -0.1) is 11.8 Å². The molecule has 0 aliphatic rings. The molecular weight excluding hydrogens is 250 g/mol. The standard InChI is InChI=1S/C13H19NO3S/c1-4-17-10-5-6-11(14)12(7-10)18-8-9(2)13(15)16-3/h5-7,9H,4,8,14H2,1-3H3. The lowest BCUT2D eigenvalue weighted by Gasteiger charge is -2.11. The molecule has 0 amide bonds. The first kappa shape index (κ1) is 14.7. The number of ether oxygens (including phenoxy) is 2. The lowest BCUT2D eigenvalue weighted by molar-refractivity contribution is -0.143. The van der Waals surface area contributed by atoms with E-state index < -0.39 is 0 Å². The number of benzene rings is 1. The van der Waals surface area contributed by atoms with E-state index in [4.69, 9.17) is 10.5 Å². The van der Waals surface area contributed by atoms with Crippen LogP contribution in [0.15, 0.2) is 23.1 Å². The maximum atomic E-state index is 11.3. The highest BCUT2D eigenvalue weighted by Crippen LogP contribution is 2.30.